The molecule has 2 nitrogen and oxygen atoms in total. The van der Waals surface area contributed by atoms with Gasteiger partial charge in [-0.15, -0.1) is 0 Å². The largest absolute Gasteiger partial charge is 0.312 e. The van der Waals surface area contributed by atoms with Gasteiger partial charge in [0.25, 0.3) is 0 Å². The summed E-state index contributed by atoms with van der Waals surface area (Å²) in [6, 6.07) is 0. The zero-order valence-corrected chi connectivity index (χ0v) is 4.68. The predicted octanol–water partition coefficient (Wildman–Crippen LogP) is 0.0233. The van der Waals surface area contributed by atoms with E-state index < -0.39 is 0 Å². The third kappa shape index (κ3) is 1.18. The van der Waals surface area contributed by atoms with Gasteiger partial charge in [0.1, 0.15) is 0 Å². The number of hydrogen-bond donors (Lipinski definition) is 0. The molecule has 0 bridgehead atoms. The highest BCUT2D eigenvalue weighted by molar-refractivity contribution is 6.32. The maximum Gasteiger partial charge on any atom is 0.241 e. The van der Waals surface area contributed by atoms with Crippen LogP contribution in [-0.4, -0.2) is 25.5 Å². The van der Waals surface area contributed by atoms with Crippen LogP contribution < -0.4 is 0 Å². The summed E-state index contributed by atoms with van der Waals surface area (Å²) < 4.78 is 0. The van der Waals surface area contributed by atoms with Crippen molar-refractivity contribution in [2.45, 2.75) is 13.2 Å². The van der Waals surface area contributed by atoms with Crippen LogP contribution in [0.2, 0.25) is 6.32 Å². The Bertz CT molecular complexity index is 53.7. The second-order valence-electron chi connectivity index (χ2n) is 1.71. The molecule has 1 rings (SSSR count). The summed E-state index contributed by atoms with van der Waals surface area (Å²) in [7, 11) is 1.12. The molecule has 0 atom stereocenters. The van der Waals surface area contributed by atoms with E-state index in [1.165, 1.54) is 6.32 Å². The van der Waals surface area contributed by atoms with Crippen LogP contribution in [0.1, 0.15) is 6.92 Å². The first-order chi connectivity index (χ1) is 3.43. The van der Waals surface area contributed by atoms with Crippen LogP contribution in [0.4, 0.5) is 0 Å². The van der Waals surface area contributed by atoms with Crippen LogP contribution in [0.3, 0.4) is 0 Å². The van der Waals surface area contributed by atoms with Gasteiger partial charge in [-0.1, -0.05) is 6.92 Å². The average molecular weight is 98.9 g/mol. The van der Waals surface area contributed by atoms with E-state index in [9.17, 15) is 0 Å². The molecule has 0 spiro atoms. The molecule has 0 amide bonds. The van der Waals surface area contributed by atoms with Gasteiger partial charge < -0.3 is 4.84 Å². The fourth-order valence-corrected chi connectivity index (χ4v) is 0.749. The fourth-order valence-electron chi connectivity index (χ4n) is 0.749. The van der Waals surface area contributed by atoms with E-state index in [0.717, 1.165) is 20.6 Å². The van der Waals surface area contributed by atoms with Gasteiger partial charge in [-0.2, -0.15) is 0 Å². The monoisotopic (exact) mass is 99.1 g/mol. The van der Waals surface area contributed by atoms with Crippen molar-refractivity contribution in [2.75, 3.05) is 13.2 Å². The van der Waals surface area contributed by atoms with Crippen molar-refractivity contribution >= 4 is 7.41 Å². The van der Waals surface area contributed by atoms with Crippen LogP contribution in [-0.2, 0) is 4.84 Å². The van der Waals surface area contributed by atoms with Crippen LogP contribution in [0.15, 0.2) is 0 Å². The molecular weight excluding hydrogens is 88.9 g/mol. The molecule has 0 aliphatic carbocycles. The number of hydrogen-bond acceptors (Lipinski definition) is 2. The quantitative estimate of drug-likeness (QED) is 0.430. The van der Waals surface area contributed by atoms with Gasteiger partial charge in [0.2, 0.25) is 7.41 Å². The predicted molar refractivity (Wildman–Crippen MR) is 30.3 cm³/mol. The molecule has 1 aliphatic rings. The van der Waals surface area contributed by atoms with Crippen molar-refractivity contribution < 1.29 is 4.84 Å². The maximum atomic E-state index is 5.14. The average Bonchev–Trinajstić information content (AvgIpc) is 2.14. The zero-order valence-electron chi connectivity index (χ0n) is 4.68. The van der Waals surface area contributed by atoms with Gasteiger partial charge in [-0.05, 0) is 6.32 Å². The summed E-state index contributed by atoms with van der Waals surface area (Å²) in [5.74, 6) is 0. The van der Waals surface area contributed by atoms with Gasteiger partial charge in [0, 0.05) is 6.54 Å². The minimum Gasteiger partial charge on any atom is -0.312 e. The molecule has 0 unspecified atom stereocenters. The molecule has 0 saturated carbocycles. The minimum atomic E-state index is 0.924. The Morgan fingerprint density at radius 1 is 1.86 bits per heavy atom. The van der Waals surface area contributed by atoms with Crippen molar-refractivity contribution in [1.82, 2.24) is 4.97 Å². The number of rotatable bonds is 1. The lowest BCUT2D eigenvalue weighted by Crippen LogP contribution is -2.18. The first kappa shape index (κ1) is 5.13. The fraction of sp³-hybridized carbons (Fsp3) is 1.00. The Kier molecular flexibility index (Phi) is 1.71. The highest BCUT2D eigenvalue weighted by atomic mass is 16.7. The van der Waals surface area contributed by atoms with E-state index in [-0.39, 0.29) is 0 Å². The van der Waals surface area contributed by atoms with Crippen molar-refractivity contribution in [3.8, 4) is 0 Å². The molecule has 1 fully saturated rings. The Morgan fingerprint density at radius 2 is 2.71 bits per heavy atom. The van der Waals surface area contributed by atoms with Gasteiger partial charge in [-0.25, -0.2) is 4.97 Å². The van der Waals surface area contributed by atoms with E-state index in [1.54, 1.807) is 0 Å². The lowest BCUT2D eigenvalue weighted by atomic mass is 9.91. The Hall–Kier alpha value is -0.0151. The molecule has 40 valence electrons. The SMILES string of the molecule is CCN1BCCO1. The lowest BCUT2D eigenvalue weighted by molar-refractivity contribution is -0.0562. The summed E-state index contributed by atoms with van der Waals surface area (Å²) >= 11 is 0. The molecule has 0 aromatic heterocycles. The molecule has 0 radical (unpaired) electrons. The van der Waals surface area contributed by atoms with Crippen LogP contribution in [0, 0.1) is 0 Å². The molecule has 0 aromatic carbocycles. The maximum absolute atomic E-state index is 5.14. The molecular formula is C4H10BNO. The molecule has 3 heteroatoms. The molecule has 0 aromatic rings. The molecule has 1 heterocycles. The molecule has 1 saturated heterocycles. The van der Waals surface area contributed by atoms with E-state index in [2.05, 4.69) is 6.92 Å². The van der Waals surface area contributed by atoms with E-state index in [4.69, 9.17) is 4.84 Å². The first-order valence-corrected chi connectivity index (χ1v) is 2.81. The van der Waals surface area contributed by atoms with Gasteiger partial charge in [-0.3, -0.25) is 0 Å². The molecule has 0 N–H and O–H groups in total. The summed E-state index contributed by atoms with van der Waals surface area (Å²) in [5.41, 5.74) is 0. The summed E-state index contributed by atoms with van der Waals surface area (Å²) in [6.07, 6.45) is 1.20. The summed E-state index contributed by atoms with van der Waals surface area (Å²) in [4.78, 5) is 7.12. The highest BCUT2D eigenvalue weighted by Crippen LogP contribution is 1.99. The van der Waals surface area contributed by atoms with Crippen molar-refractivity contribution in [3.63, 3.8) is 0 Å². The van der Waals surface area contributed by atoms with E-state index in [0.29, 0.717) is 0 Å². The number of hydroxylamine groups is 1. The summed E-state index contributed by atoms with van der Waals surface area (Å²) in [6.45, 7) is 4.05. The summed E-state index contributed by atoms with van der Waals surface area (Å²) in [5, 5.41) is 0. The van der Waals surface area contributed by atoms with E-state index in [1.807, 2.05) is 4.97 Å². The van der Waals surface area contributed by atoms with Gasteiger partial charge >= 0.3 is 0 Å². The normalized spacial score (nSPS) is 22.4. The smallest absolute Gasteiger partial charge is 0.241 e. The van der Waals surface area contributed by atoms with E-state index >= 15 is 0 Å². The van der Waals surface area contributed by atoms with Crippen molar-refractivity contribution in [3.05, 3.63) is 0 Å². The Morgan fingerprint density at radius 3 is 3.00 bits per heavy atom. The minimum absolute atomic E-state index is 0.924. The highest BCUT2D eigenvalue weighted by Gasteiger charge is 2.10. The first-order valence-electron chi connectivity index (χ1n) is 2.81. The molecule has 1 aliphatic heterocycles. The van der Waals surface area contributed by atoms with Crippen LogP contribution >= 0.6 is 0 Å². The lowest BCUT2D eigenvalue weighted by Gasteiger charge is -2.07. The zero-order chi connectivity index (χ0) is 5.11. The molecule has 7 heavy (non-hydrogen) atoms. The third-order valence-corrected chi connectivity index (χ3v) is 1.18. The van der Waals surface area contributed by atoms with Crippen molar-refractivity contribution in [1.29, 1.82) is 0 Å². The Labute approximate surface area is 44.7 Å². The topological polar surface area (TPSA) is 12.5 Å². The second-order valence-corrected chi connectivity index (χ2v) is 1.71. The Balaban J connectivity index is 2.14. The standard InChI is InChI=1S/C4H10BNO/c1-2-6-5-3-4-7-6/h5H,2-4H2,1H3. The van der Waals surface area contributed by atoms with Crippen LogP contribution in [0.25, 0.3) is 0 Å². The van der Waals surface area contributed by atoms with Crippen LogP contribution in [0.5, 0.6) is 0 Å². The second kappa shape index (κ2) is 2.33. The third-order valence-electron chi connectivity index (χ3n) is 1.18. The number of nitrogens with zero attached hydrogens (tertiary/aromatic N) is 1. The van der Waals surface area contributed by atoms with Gasteiger partial charge in [0.05, 0.1) is 6.61 Å². The van der Waals surface area contributed by atoms with Gasteiger partial charge in [0.15, 0.2) is 0 Å². The van der Waals surface area contributed by atoms with Crippen molar-refractivity contribution in [2.24, 2.45) is 0 Å².